The fourth-order valence-corrected chi connectivity index (χ4v) is 3.52. The Bertz CT molecular complexity index is 806. The summed E-state index contributed by atoms with van der Waals surface area (Å²) in [5, 5.41) is 5.97. The van der Waals surface area contributed by atoms with Crippen LogP contribution in [0.3, 0.4) is 0 Å². The van der Waals surface area contributed by atoms with Crippen LogP contribution in [0.4, 0.5) is 10.5 Å². The molecule has 1 aliphatic heterocycles. The topological polar surface area (TPSA) is 61.4 Å². The van der Waals surface area contributed by atoms with Gasteiger partial charge < -0.3 is 15.5 Å². The first-order valence-corrected chi connectivity index (χ1v) is 9.41. The number of carbonyl (C=O) groups excluding carboxylic acids is 2. The molecule has 5 nitrogen and oxygen atoms in total. The van der Waals surface area contributed by atoms with Gasteiger partial charge in [0.1, 0.15) is 0 Å². The molecule has 2 N–H and O–H groups in total. The summed E-state index contributed by atoms with van der Waals surface area (Å²) in [4.78, 5) is 27.2. The van der Waals surface area contributed by atoms with E-state index in [1.165, 1.54) is 0 Å². The molecule has 0 radical (unpaired) electrons. The van der Waals surface area contributed by atoms with Gasteiger partial charge in [0.25, 0.3) is 0 Å². The van der Waals surface area contributed by atoms with Gasteiger partial charge in [0.15, 0.2) is 0 Å². The maximum Gasteiger partial charge on any atom is 0.321 e. The maximum atomic E-state index is 12.8. The van der Waals surface area contributed by atoms with E-state index in [1.807, 2.05) is 68.4 Å². The van der Waals surface area contributed by atoms with E-state index in [-0.39, 0.29) is 11.9 Å². The van der Waals surface area contributed by atoms with Crippen molar-refractivity contribution >= 4 is 17.6 Å². The Morgan fingerprint density at radius 3 is 2.63 bits per heavy atom. The number of piperidine rings is 1. The van der Waals surface area contributed by atoms with Crippen LogP contribution in [0, 0.1) is 12.3 Å². The number of nitrogens with zero attached hydrogens (tertiary/aromatic N) is 1. The summed E-state index contributed by atoms with van der Waals surface area (Å²) < 4.78 is 0. The predicted octanol–water partition coefficient (Wildman–Crippen LogP) is 3.95. The second kappa shape index (κ2) is 8.25. The van der Waals surface area contributed by atoms with Crippen LogP contribution in [0.1, 0.15) is 30.9 Å². The van der Waals surface area contributed by atoms with Crippen molar-refractivity contribution in [2.75, 3.05) is 18.4 Å². The number of aryl methyl sites for hydroxylation is 1. The highest BCUT2D eigenvalue weighted by Crippen LogP contribution is 2.30. The van der Waals surface area contributed by atoms with Gasteiger partial charge in [-0.25, -0.2) is 4.79 Å². The molecule has 0 aliphatic carbocycles. The third-order valence-corrected chi connectivity index (χ3v) is 5.10. The van der Waals surface area contributed by atoms with Crippen LogP contribution in [0.25, 0.3) is 0 Å². The third-order valence-electron chi connectivity index (χ3n) is 5.10. The second-order valence-corrected chi connectivity index (χ2v) is 7.55. The molecule has 1 saturated heterocycles. The normalized spacial score (nSPS) is 19.4. The number of rotatable bonds is 4. The van der Waals surface area contributed by atoms with Gasteiger partial charge in [-0.1, -0.05) is 42.5 Å². The lowest BCUT2D eigenvalue weighted by Gasteiger charge is -2.39. The molecule has 1 aliphatic rings. The first-order chi connectivity index (χ1) is 13.0. The number of urea groups is 1. The van der Waals surface area contributed by atoms with Crippen LogP contribution in [0.15, 0.2) is 54.6 Å². The first-order valence-electron chi connectivity index (χ1n) is 9.41. The standard InChI is InChI=1S/C22H27N3O2/c1-17-8-6-11-19(14-17)24-21(27)25-13-7-12-22(2,16-25)20(26)23-15-18-9-4-3-5-10-18/h3-6,8-11,14H,7,12-13,15-16H2,1-2H3,(H,23,26)(H,24,27). The van der Waals surface area contributed by atoms with E-state index < -0.39 is 5.41 Å². The molecular formula is C22H27N3O2. The van der Waals surface area contributed by atoms with Crippen molar-refractivity contribution < 1.29 is 9.59 Å². The molecule has 5 heteroatoms. The SMILES string of the molecule is Cc1cccc(NC(=O)N2CCCC(C)(C(=O)NCc3ccccc3)C2)c1. The van der Waals surface area contributed by atoms with Gasteiger partial charge in [-0.2, -0.15) is 0 Å². The molecule has 2 aromatic carbocycles. The Kier molecular flexibility index (Phi) is 5.79. The highest BCUT2D eigenvalue weighted by atomic mass is 16.2. The fourth-order valence-electron chi connectivity index (χ4n) is 3.52. The van der Waals surface area contributed by atoms with E-state index in [0.29, 0.717) is 19.6 Å². The second-order valence-electron chi connectivity index (χ2n) is 7.55. The minimum absolute atomic E-state index is 0.000548. The van der Waals surface area contributed by atoms with E-state index in [1.54, 1.807) is 4.90 Å². The minimum atomic E-state index is -0.572. The summed E-state index contributed by atoms with van der Waals surface area (Å²) >= 11 is 0. The Morgan fingerprint density at radius 2 is 1.89 bits per heavy atom. The molecule has 0 bridgehead atoms. The van der Waals surface area contributed by atoms with Gasteiger partial charge in [0.05, 0.1) is 5.41 Å². The van der Waals surface area contributed by atoms with Crippen LogP contribution < -0.4 is 10.6 Å². The molecule has 142 valence electrons. The molecule has 0 spiro atoms. The molecule has 1 atom stereocenters. The molecular weight excluding hydrogens is 338 g/mol. The van der Waals surface area contributed by atoms with Crippen LogP contribution in [-0.4, -0.2) is 29.9 Å². The van der Waals surface area contributed by atoms with Crippen LogP contribution >= 0.6 is 0 Å². The summed E-state index contributed by atoms with van der Waals surface area (Å²) in [6, 6.07) is 17.4. The Hall–Kier alpha value is -2.82. The minimum Gasteiger partial charge on any atom is -0.351 e. The smallest absolute Gasteiger partial charge is 0.321 e. The Morgan fingerprint density at radius 1 is 1.11 bits per heavy atom. The zero-order valence-electron chi connectivity index (χ0n) is 16.0. The summed E-state index contributed by atoms with van der Waals surface area (Å²) in [7, 11) is 0. The van der Waals surface area contributed by atoms with E-state index in [9.17, 15) is 9.59 Å². The molecule has 2 aromatic rings. The lowest BCUT2D eigenvalue weighted by Crippen LogP contribution is -2.52. The van der Waals surface area contributed by atoms with Gasteiger partial charge in [-0.05, 0) is 49.9 Å². The number of nitrogens with one attached hydrogen (secondary N) is 2. The van der Waals surface area contributed by atoms with Crippen molar-refractivity contribution in [1.82, 2.24) is 10.2 Å². The molecule has 1 fully saturated rings. The lowest BCUT2D eigenvalue weighted by atomic mass is 9.81. The predicted molar refractivity (Wildman–Crippen MR) is 107 cm³/mol. The van der Waals surface area contributed by atoms with Crippen LogP contribution in [0.2, 0.25) is 0 Å². The lowest BCUT2D eigenvalue weighted by molar-refractivity contribution is -0.132. The van der Waals surface area contributed by atoms with Crippen molar-refractivity contribution in [3.63, 3.8) is 0 Å². The molecule has 3 rings (SSSR count). The molecule has 3 amide bonds. The fraction of sp³-hybridized carbons (Fsp3) is 0.364. The van der Waals surface area contributed by atoms with Crippen LogP contribution in [-0.2, 0) is 11.3 Å². The Balaban J connectivity index is 1.59. The average molecular weight is 365 g/mol. The van der Waals surface area contributed by atoms with Gasteiger partial charge in [0, 0.05) is 25.3 Å². The molecule has 1 heterocycles. The molecule has 1 unspecified atom stereocenters. The van der Waals surface area contributed by atoms with Gasteiger partial charge >= 0.3 is 6.03 Å². The number of likely N-dealkylation sites (tertiary alicyclic amines) is 1. The van der Waals surface area contributed by atoms with Crippen molar-refractivity contribution in [3.05, 3.63) is 65.7 Å². The van der Waals surface area contributed by atoms with E-state index in [0.717, 1.165) is 29.7 Å². The third kappa shape index (κ3) is 4.88. The van der Waals surface area contributed by atoms with Gasteiger partial charge in [-0.3, -0.25) is 4.79 Å². The number of hydrogen-bond donors (Lipinski definition) is 2. The largest absolute Gasteiger partial charge is 0.351 e. The molecule has 0 saturated carbocycles. The number of anilines is 1. The summed E-state index contributed by atoms with van der Waals surface area (Å²) in [5.41, 5.74) is 2.37. The van der Waals surface area contributed by atoms with Gasteiger partial charge in [-0.15, -0.1) is 0 Å². The Labute approximate surface area is 160 Å². The zero-order chi connectivity index (χ0) is 19.3. The average Bonchev–Trinajstić information content (AvgIpc) is 2.67. The molecule has 0 aromatic heterocycles. The summed E-state index contributed by atoms with van der Waals surface area (Å²) in [6.07, 6.45) is 1.60. The number of hydrogen-bond acceptors (Lipinski definition) is 2. The summed E-state index contributed by atoms with van der Waals surface area (Å²) in [6.45, 7) is 5.53. The first kappa shape index (κ1) is 19.0. The summed E-state index contributed by atoms with van der Waals surface area (Å²) in [5.74, 6) is -0.000548. The monoisotopic (exact) mass is 365 g/mol. The highest BCUT2D eigenvalue weighted by Gasteiger charge is 2.39. The van der Waals surface area contributed by atoms with Crippen molar-refractivity contribution in [3.8, 4) is 0 Å². The zero-order valence-corrected chi connectivity index (χ0v) is 16.0. The van der Waals surface area contributed by atoms with Crippen molar-refractivity contribution in [1.29, 1.82) is 0 Å². The van der Waals surface area contributed by atoms with Crippen molar-refractivity contribution in [2.45, 2.75) is 33.2 Å². The number of benzene rings is 2. The quantitative estimate of drug-likeness (QED) is 0.862. The highest BCUT2D eigenvalue weighted by molar-refractivity contribution is 5.90. The van der Waals surface area contributed by atoms with Gasteiger partial charge in [0.2, 0.25) is 5.91 Å². The van der Waals surface area contributed by atoms with E-state index in [2.05, 4.69) is 10.6 Å². The van der Waals surface area contributed by atoms with E-state index in [4.69, 9.17) is 0 Å². The number of carbonyl (C=O) groups is 2. The maximum absolute atomic E-state index is 12.8. The number of amides is 3. The van der Waals surface area contributed by atoms with Crippen LogP contribution in [0.5, 0.6) is 0 Å². The molecule has 27 heavy (non-hydrogen) atoms. The van der Waals surface area contributed by atoms with E-state index >= 15 is 0 Å². The van der Waals surface area contributed by atoms with Crippen molar-refractivity contribution in [2.24, 2.45) is 5.41 Å².